The molecule has 1 saturated heterocycles. The lowest BCUT2D eigenvalue weighted by molar-refractivity contribution is 0.170. The van der Waals surface area contributed by atoms with Crippen molar-refractivity contribution in [1.29, 1.82) is 0 Å². The SMILES string of the molecule is CNCCC1CCN(Cc2ccn(-c3ccc(F)cc3)n2)CC1. The Hall–Kier alpha value is -1.72. The summed E-state index contributed by atoms with van der Waals surface area (Å²) in [6.45, 7) is 4.31. The van der Waals surface area contributed by atoms with Crippen LogP contribution in [0, 0.1) is 11.7 Å². The lowest BCUT2D eigenvalue weighted by Crippen LogP contribution is -2.34. The number of benzene rings is 1. The Bertz CT molecular complexity index is 600. The lowest BCUT2D eigenvalue weighted by atomic mass is 9.93. The van der Waals surface area contributed by atoms with Gasteiger partial charge in [0.2, 0.25) is 0 Å². The zero-order valence-electron chi connectivity index (χ0n) is 13.7. The van der Waals surface area contributed by atoms with Crippen molar-refractivity contribution >= 4 is 0 Å². The smallest absolute Gasteiger partial charge is 0.123 e. The Morgan fingerprint density at radius 3 is 2.61 bits per heavy atom. The number of hydrogen-bond donors (Lipinski definition) is 1. The third-order valence-electron chi connectivity index (χ3n) is 4.63. The van der Waals surface area contributed by atoms with E-state index < -0.39 is 0 Å². The second-order valence-electron chi connectivity index (χ2n) is 6.34. The summed E-state index contributed by atoms with van der Waals surface area (Å²) in [7, 11) is 2.02. The van der Waals surface area contributed by atoms with E-state index in [1.165, 1.54) is 31.4 Å². The maximum Gasteiger partial charge on any atom is 0.123 e. The number of likely N-dealkylation sites (tertiary alicyclic amines) is 1. The molecule has 0 atom stereocenters. The normalized spacial score (nSPS) is 16.8. The first-order chi connectivity index (χ1) is 11.2. The van der Waals surface area contributed by atoms with Gasteiger partial charge in [-0.2, -0.15) is 5.10 Å². The van der Waals surface area contributed by atoms with Gasteiger partial charge in [-0.15, -0.1) is 0 Å². The number of halogens is 1. The molecule has 1 aromatic carbocycles. The summed E-state index contributed by atoms with van der Waals surface area (Å²) in [4.78, 5) is 2.48. The van der Waals surface area contributed by atoms with Crippen LogP contribution < -0.4 is 5.32 Å². The molecule has 0 aliphatic carbocycles. The van der Waals surface area contributed by atoms with Crippen molar-refractivity contribution in [2.75, 3.05) is 26.7 Å². The topological polar surface area (TPSA) is 33.1 Å². The van der Waals surface area contributed by atoms with Crippen molar-refractivity contribution in [1.82, 2.24) is 20.0 Å². The molecule has 5 heteroatoms. The van der Waals surface area contributed by atoms with Gasteiger partial charge < -0.3 is 5.32 Å². The molecule has 0 radical (unpaired) electrons. The average Bonchev–Trinajstić information content (AvgIpc) is 3.03. The second-order valence-corrected chi connectivity index (χ2v) is 6.34. The summed E-state index contributed by atoms with van der Waals surface area (Å²) in [5, 5.41) is 7.85. The summed E-state index contributed by atoms with van der Waals surface area (Å²) in [6, 6.07) is 8.48. The van der Waals surface area contributed by atoms with Crippen LogP contribution in [-0.2, 0) is 6.54 Å². The van der Waals surface area contributed by atoms with E-state index in [0.29, 0.717) is 0 Å². The highest BCUT2D eigenvalue weighted by Gasteiger charge is 2.19. The van der Waals surface area contributed by atoms with Crippen molar-refractivity contribution in [3.05, 3.63) is 48.0 Å². The van der Waals surface area contributed by atoms with Crippen molar-refractivity contribution in [3.8, 4) is 5.69 Å². The first kappa shape index (κ1) is 16.1. The van der Waals surface area contributed by atoms with Crippen molar-refractivity contribution in [3.63, 3.8) is 0 Å². The minimum Gasteiger partial charge on any atom is -0.320 e. The van der Waals surface area contributed by atoms with Crippen LogP contribution in [0.3, 0.4) is 0 Å². The van der Waals surface area contributed by atoms with E-state index in [1.54, 1.807) is 12.1 Å². The molecule has 0 saturated carbocycles. The molecule has 3 rings (SSSR count). The quantitative estimate of drug-likeness (QED) is 0.889. The van der Waals surface area contributed by atoms with Crippen LogP contribution >= 0.6 is 0 Å². The monoisotopic (exact) mass is 316 g/mol. The molecule has 1 fully saturated rings. The molecular formula is C18H25FN4. The van der Waals surface area contributed by atoms with Crippen molar-refractivity contribution in [2.45, 2.75) is 25.8 Å². The van der Waals surface area contributed by atoms with Crippen LogP contribution in [0.4, 0.5) is 4.39 Å². The van der Waals surface area contributed by atoms with Gasteiger partial charge in [0, 0.05) is 12.7 Å². The molecule has 2 heterocycles. The van der Waals surface area contributed by atoms with Gasteiger partial charge >= 0.3 is 0 Å². The maximum absolute atomic E-state index is 13.0. The maximum atomic E-state index is 13.0. The Balaban J connectivity index is 1.53. The van der Waals surface area contributed by atoms with Gasteiger partial charge in [-0.3, -0.25) is 4.90 Å². The minimum atomic E-state index is -0.220. The van der Waals surface area contributed by atoms with Gasteiger partial charge in [0.25, 0.3) is 0 Å². The summed E-state index contributed by atoms with van der Waals surface area (Å²) < 4.78 is 14.8. The predicted octanol–water partition coefficient (Wildman–Crippen LogP) is 2.83. The molecule has 2 aromatic rings. The largest absolute Gasteiger partial charge is 0.320 e. The summed E-state index contributed by atoms with van der Waals surface area (Å²) in [6.07, 6.45) is 5.78. The van der Waals surface area contributed by atoms with Crippen LogP contribution in [0.1, 0.15) is 25.0 Å². The van der Waals surface area contributed by atoms with E-state index in [-0.39, 0.29) is 5.82 Å². The molecule has 1 aromatic heterocycles. The van der Waals surface area contributed by atoms with Gasteiger partial charge in [-0.1, -0.05) is 0 Å². The number of aromatic nitrogens is 2. The standard InChI is InChI=1S/C18H25FN4/c1-20-10-6-15-7-11-22(12-8-15)14-17-9-13-23(21-17)18-4-2-16(19)3-5-18/h2-5,9,13,15,20H,6-8,10-12,14H2,1H3. The Kier molecular flexibility index (Phi) is 5.41. The van der Waals surface area contributed by atoms with Gasteiger partial charge in [0.05, 0.1) is 11.4 Å². The summed E-state index contributed by atoms with van der Waals surface area (Å²) in [5.41, 5.74) is 1.96. The van der Waals surface area contributed by atoms with Gasteiger partial charge in [0.15, 0.2) is 0 Å². The van der Waals surface area contributed by atoms with Gasteiger partial charge in [0.1, 0.15) is 5.82 Å². The van der Waals surface area contributed by atoms with Crippen LogP contribution in [-0.4, -0.2) is 41.4 Å². The predicted molar refractivity (Wildman–Crippen MR) is 90.1 cm³/mol. The highest BCUT2D eigenvalue weighted by atomic mass is 19.1. The fourth-order valence-corrected chi connectivity index (χ4v) is 3.19. The molecule has 0 spiro atoms. The van der Waals surface area contributed by atoms with Gasteiger partial charge in [-0.25, -0.2) is 9.07 Å². The molecule has 0 amide bonds. The minimum absolute atomic E-state index is 0.220. The molecule has 124 valence electrons. The number of nitrogens with zero attached hydrogens (tertiary/aromatic N) is 3. The molecule has 0 unspecified atom stereocenters. The van der Waals surface area contributed by atoms with Gasteiger partial charge in [-0.05, 0) is 82.2 Å². The fourth-order valence-electron chi connectivity index (χ4n) is 3.19. The second kappa shape index (κ2) is 7.70. The highest BCUT2D eigenvalue weighted by molar-refractivity contribution is 5.31. The van der Waals surface area contributed by atoms with E-state index in [4.69, 9.17) is 0 Å². The number of rotatable bonds is 6. The van der Waals surface area contributed by atoms with E-state index in [0.717, 1.165) is 43.5 Å². The molecule has 1 aliphatic heterocycles. The highest BCUT2D eigenvalue weighted by Crippen LogP contribution is 2.21. The van der Waals surface area contributed by atoms with Crippen LogP contribution in [0.25, 0.3) is 5.69 Å². The van der Waals surface area contributed by atoms with Crippen LogP contribution in [0.5, 0.6) is 0 Å². The molecule has 23 heavy (non-hydrogen) atoms. The van der Waals surface area contributed by atoms with E-state index in [1.807, 2.05) is 17.9 Å². The zero-order valence-corrected chi connectivity index (χ0v) is 13.7. The number of piperidine rings is 1. The third-order valence-corrected chi connectivity index (χ3v) is 4.63. The Morgan fingerprint density at radius 1 is 1.17 bits per heavy atom. The molecular weight excluding hydrogens is 291 g/mol. The average molecular weight is 316 g/mol. The Labute approximate surface area is 137 Å². The van der Waals surface area contributed by atoms with E-state index in [9.17, 15) is 4.39 Å². The van der Waals surface area contributed by atoms with Crippen molar-refractivity contribution in [2.24, 2.45) is 5.92 Å². The molecule has 0 bridgehead atoms. The number of hydrogen-bond acceptors (Lipinski definition) is 3. The van der Waals surface area contributed by atoms with Crippen LogP contribution in [0.15, 0.2) is 36.5 Å². The number of nitrogens with one attached hydrogen (secondary N) is 1. The van der Waals surface area contributed by atoms with E-state index in [2.05, 4.69) is 21.4 Å². The Morgan fingerprint density at radius 2 is 1.91 bits per heavy atom. The van der Waals surface area contributed by atoms with Crippen molar-refractivity contribution < 1.29 is 4.39 Å². The summed E-state index contributed by atoms with van der Waals surface area (Å²) >= 11 is 0. The first-order valence-electron chi connectivity index (χ1n) is 8.42. The zero-order chi connectivity index (χ0) is 16.1. The summed E-state index contributed by atoms with van der Waals surface area (Å²) in [5.74, 6) is 0.637. The fraction of sp³-hybridized carbons (Fsp3) is 0.500. The molecule has 1 N–H and O–H groups in total. The molecule has 1 aliphatic rings. The first-order valence-corrected chi connectivity index (χ1v) is 8.42. The molecule has 4 nitrogen and oxygen atoms in total. The lowest BCUT2D eigenvalue weighted by Gasteiger charge is -2.31. The van der Waals surface area contributed by atoms with Crippen LogP contribution in [0.2, 0.25) is 0 Å². The van der Waals surface area contributed by atoms with E-state index >= 15 is 0 Å². The third kappa shape index (κ3) is 4.39.